The van der Waals surface area contributed by atoms with Crippen molar-refractivity contribution in [3.05, 3.63) is 53.3 Å². The number of likely N-dealkylation sites (N-methyl/N-ethyl adjacent to an activating group) is 1. The van der Waals surface area contributed by atoms with Crippen molar-refractivity contribution in [2.45, 2.75) is 0 Å². The van der Waals surface area contributed by atoms with Crippen LogP contribution in [0.4, 0.5) is 21.5 Å². The fourth-order valence-corrected chi connectivity index (χ4v) is 2.99. The van der Waals surface area contributed by atoms with E-state index in [0.29, 0.717) is 5.69 Å². The number of amides is 1. The van der Waals surface area contributed by atoms with E-state index < -0.39 is 5.82 Å². The van der Waals surface area contributed by atoms with Crippen molar-refractivity contribution in [3.63, 3.8) is 0 Å². The Hall–Kier alpha value is -2.31. The van der Waals surface area contributed by atoms with Gasteiger partial charge in [0, 0.05) is 43.2 Å². The second kappa shape index (κ2) is 8.38. The first-order chi connectivity index (χ1) is 12.5. The van der Waals surface area contributed by atoms with Crippen molar-refractivity contribution in [2.24, 2.45) is 0 Å². The van der Waals surface area contributed by atoms with Crippen LogP contribution in [0.25, 0.3) is 0 Å². The predicted octanol–water partition coefficient (Wildman–Crippen LogP) is 3.28. The van der Waals surface area contributed by atoms with Crippen molar-refractivity contribution in [3.8, 4) is 0 Å². The number of rotatable bonds is 5. The molecule has 2 N–H and O–H groups in total. The maximum Gasteiger partial charge on any atom is 0.243 e. The molecule has 3 rings (SSSR count). The molecule has 5 nitrogen and oxygen atoms in total. The van der Waals surface area contributed by atoms with Crippen LogP contribution >= 0.6 is 11.6 Å². The molecule has 0 spiro atoms. The van der Waals surface area contributed by atoms with Gasteiger partial charge in [-0.05, 0) is 49.5 Å². The second-order valence-corrected chi connectivity index (χ2v) is 6.78. The van der Waals surface area contributed by atoms with E-state index in [1.54, 1.807) is 6.07 Å². The number of nitrogens with zero attached hydrogens (tertiary/aromatic N) is 2. The number of anilines is 3. The van der Waals surface area contributed by atoms with E-state index >= 15 is 0 Å². The summed E-state index contributed by atoms with van der Waals surface area (Å²) in [6.45, 7) is 4.19. The number of nitrogens with one attached hydrogen (secondary N) is 2. The van der Waals surface area contributed by atoms with Gasteiger partial charge in [0.25, 0.3) is 0 Å². The molecule has 2 aromatic rings. The maximum absolute atomic E-state index is 13.1. The molecule has 26 heavy (non-hydrogen) atoms. The zero-order valence-corrected chi connectivity index (χ0v) is 15.4. The molecule has 1 aliphatic heterocycles. The van der Waals surface area contributed by atoms with Crippen LogP contribution in [0.15, 0.2) is 42.5 Å². The van der Waals surface area contributed by atoms with Crippen LogP contribution in [-0.2, 0) is 4.79 Å². The third-order valence-electron chi connectivity index (χ3n) is 4.39. The largest absolute Gasteiger partial charge is 0.376 e. The van der Waals surface area contributed by atoms with Gasteiger partial charge in [-0.2, -0.15) is 0 Å². The van der Waals surface area contributed by atoms with Crippen LogP contribution in [0.3, 0.4) is 0 Å². The first-order valence-electron chi connectivity index (χ1n) is 8.53. The highest BCUT2D eigenvalue weighted by Crippen LogP contribution is 2.20. The first kappa shape index (κ1) is 18.5. The molecular weight excluding hydrogens is 355 g/mol. The highest BCUT2D eigenvalue weighted by Gasteiger charge is 2.14. The zero-order chi connectivity index (χ0) is 18.5. The molecule has 0 atom stereocenters. The fourth-order valence-electron chi connectivity index (χ4n) is 2.81. The van der Waals surface area contributed by atoms with Crippen molar-refractivity contribution in [1.29, 1.82) is 0 Å². The summed E-state index contributed by atoms with van der Waals surface area (Å²) in [6, 6.07) is 12.1. The number of hydrogen-bond donors (Lipinski definition) is 2. The Morgan fingerprint density at radius 3 is 2.38 bits per heavy atom. The normalized spacial score (nSPS) is 15.0. The Bertz CT molecular complexity index is 761. The number of benzene rings is 2. The summed E-state index contributed by atoms with van der Waals surface area (Å²) in [7, 11) is 2.13. The van der Waals surface area contributed by atoms with Gasteiger partial charge in [-0.25, -0.2) is 4.39 Å². The molecule has 1 amide bonds. The molecule has 0 saturated carbocycles. The summed E-state index contributed by atoms with van der Waals surface area (Å²) < 4.78 is 13.1. The topological polar surface area (TPSA) is 47.6 Å². The summed E-state index contributed by atoms with van der Waals surface area (Å²) in [4.78, 5) is 16.7. The Labute approximate surface area is 157 Å². The molecule has 2 aromatic carbocycles. The third-order valence-corrected chi connectivity index (χ3v) is 4.68. The van der Waals surface area contributed by atoms with Crippen LogP contribution < -0.4 is 15.5 Å². The second-order valence-electron chi connectivity index (χ2n) is 6.37. The summed E-state index contributed by atoms with van der Waals surface area (Å²) >= 11 is 5.72. The molecule has 1 saturated heterocycles. The van der Waals surface area contributed by atoms with Gasteiger partial charge in [0.1, 0.15) is 5.82 Å². The van der Waals surface area contributed by atoms with Crippen molar-refractivity contribution in [1.82, 2.24) is 4.90 Å². The van der Waals surface area contributed by atoms with E-state index in [1.807, 2.05) is 24.3 Å². The van der Waals surface area contributed by atoms with E-state index in [-0.39, 0.29) is 17.5 Å². The number of carbonyl (C=O) groups excluding carboxylic acids is 1. The average molecular weight is 377 g/mol. The Balaban J connectivity index is 1.50. The number of piperazine rings is 1. The minimum Gasteiger partial charge on any atom is -0.376 e. The average Bonchev–Trinajstić information content (AvgIpc) is 2.64. The molecule has 0 unspecified atom stereocenters. The Kier molecular flexibility index (Phi) is 5.96. The SMILES string of the molecule is CN1CCN(c2ccc(NC(=O)CNc3ccc(F)c(Cl)c3)cc2)CC1. The standard InChI is InChI=1S/C19H22ClFN4O/c1-24-8-10-25(11-9-24)16-5-2-14(3-6-16)23-19(26)13-22-15-4-7-18(21)17(20)12-15/h2-7,12,22H,8-11,13H2,1H3,(H,23,26). The lowest BCUT2D eigenvalue weighted by molar-refractivity contribution is -0.114. The highest BCUT2D eigenvalue weighted by atomic mass is 35.5. The van der Waals surface area contributed by atoms with Gasteiger partial charge >= 0.3 is 0 Å². The lowest BCUT2D eigenvalue weighted by Crippen LogP contribution is -2.44. The maximum atomic E-state index is 13.1. The lowest BCUT2D eigenvalue weighted by atomic mass is 10.2. The van der Waals surface area contributed by atoms with Crippen molar-refractivity contribution < 1.29 is 9.18 Å². The van der Waals surface area contributed by atoms with Gasteiger partial charge in [-0.3, -0.25) is 4.79 Å². The van der Waals surface area contributed by atoms with Gasteiger partial charge in [0.2, 0.25) is 5.91 Å². The minimum atomic E-state index is -0.484. The van der Waals surface area contributed by atoms with E-state index in [1.165, 1.54) is 12.1 Å². The lowest BCUT2D eigenvalue weighted by Gasteiger charge is -2.34. The quantitative estimate of drug-likeness (QED) is 0.840. The van der Waals surface area contributed by atoms with E-state index in [9.17, 15) is 9.18 Å². The van der Waals surface area contributed by atoms with Crippen LogP contribution in [0.5, 0.6) is 0 Å². The summed E-state index contributed by atoms with van der Waals surface area (Å²) in [5, 5.41) is 5.79. The van der Waals surface area contributed by atoms with Crippen LogP contribution in [0, 0.1) is 5.82 Å². The summed E-state index contributed by atoms with van der Waals surface area (Å²) in [5.41, 5.74) is 2.50. The smallest absolute Gasteiger partial charge is 0.243 e. The highest BCUT2D eigenvalue weighted by molar-refractivity contribution is 6.31. The van der Waals surface area contributed by atoms with Gasteiger partial charge in [0.05, 0.1) is 11.6 Å². The monoisotopic (exact) mass is 376 g/mol. The third kappa shape index (κ3) is 4.86. The number of carbonyl (C=O) groups is 1. The molecule has 0 radical (unpaired) electrons. The molecule has 1 aliphatic rings. The molecule has 0 aromatic heterocycles. The van der Waals surface area contributed by atoms with Crippen LogP contribution in [0.1, 0.15) is 0 Å². The molecule has 1 fully saturated rings. The Morgan fingerprint density at radius 1 is 1.08 bits per heavy atom. The van der Waals surface area contributed by atoms with E-state index in [2.05, 4.69) is 27.5 Å². The number of halogens is 2. The molecule has 0 bridgehead atoms. The molecule has 1 heterocycles. The van der Waals surface area contributed by atoms with Crippen LogP contribution in [0.2, 0.25) is 5.02 Å². The molecule has 7 heteroatoms. The van der Waals surface area contributed by atoms with Crippen LogP contribution in [-0.4, -0.2) is 50.6 Å². The predicted molar refractivity (Wildman–Crippen MR) is 105 cm³/mol. The van der Waals surface area contributed by atoms with Crippen molar-refractivity contribution >= 4 is 34.6 Å². The fraction of sp³-hybridized carbons (Fsp3) is 0.316. The van der Waals surface area contributed by atoms with Gasteiger partial charge in [-0.15, -0.1) is 0 Å². The molecule has 138 valence electrons. The first-order valence-corrected chi connectivity index (χ1v) is 8.91. The van der Waals surface area contributed by atoms with E-state index in [4.69, 9.17) is 11.6 Å². The van der Waals surface area contributed by atoms with E-state index in [0.717, 1.165) is 37.6 Å². The minimum absolute atomic E-state index is 0.0231. The van der Waals surface area contributed by atoms with Gasteiger partial charge < -0.3 is 20.4 Å². The number of hydrogen-bond acceptors (Lipinski definition) is 4. The zero-order valence-electron chi connectivity index (χ0n) is 14.6. The van der Waals surface area contributed by atoms with Gasteiger partial charge in [0.15, 0.2) is 0 Å². The Morgan fingerprint density at radius 2 is 1.73 bits per heavy atom. The molecule has 0 aliphatic carbocycles. The van der Waals surface area contributed by atoms with Gasteiger partial charge in [-0.1, -0.05) is 11.6 Å². The summed E-state index contributed by atoms with van der Waals surface area (Å²) in [5.74, 6) is -0.667. The summed E-state index contributed by atoms with van der Waals surface area (Å²) in [6.07, 6.45) is 0. The van der Waals surface area contributed by atoms with Crippen molar-refractivity contribution in [2.75, 3.05) is 55.3 Å². The molecular formula is C19H22ClFN4O.